The summed E-state index contributed by atoms with van der Waals surface area (Å²) in [4.78, 5) is 20.1. The Bertz CT molecular complexity index is 1710. The Morgan fingerprint density at radius 3 is 2.52 bits per heavy atom. The first-order valence-corrected chi connectivity index (χ1v) is 15.6. The summed E-state index contributed by atoms with van der Waals surface area (Å²) >= 11 is 7.31. The summed E-state index contributed by atoms with van der Waals surface area (Å²) in [6.07, 6.45) is 1.78. The highest BCUT2D eigenvalue weighted by Gasteiger charge is 2.34. The van der Waals surface area contributed by atoms with Gasteiger partial charge in [0, 0.05) is 29.8 Å². The average Bonchev–Trinajstić information content (AvgIpc) is 3.36. The number of benzene rings is 2. The molecule has 9 heteroatoms. The molecule has 2 aromatic carbocycles. The van der Waals surface area contributed by atoms with Crippen molar-refractivity contribution in [2.75, 3.05) is 51.5 Å². The number of pyridine rings is 1. The number of hydrogen-bond donors (Lipinski definition) is 0. The summed E-state index contributed by atoms with van der Waals surface area (Å²) in [7, 11) is 1.43. The number of nitrogens with zero attached hydrogens (tertiary/aromatic N) is 3. The lowest BCUT2D eigenvalue weighted by Crippen LogP contribution is -2.45. The highest BCUT2D eigenvalue weighted by atomic mass is 35.5. The second-order valence-corrected chi connectivity index (χ2v) is 12.4. The summed E-state index contributed by atoms with van der Waals surface area (Å²) in [5.41, 5.74) is 8.10. The van der Waals surface area contributed by atoms with Crippen LogP contribution in [0.25, 0.3) is 28.0 Å². The average molecular weight is 618 g/mol. The van der Waals surface area contributed by atoms with Crippen LogP contribution < -0.4 is 9.64 Å². The van der Waals surface area contributed by atoms with E-state index in [1.807, 2.05) is 23.5 Å². The molecule has 8 nitrogen and oxygen atoms in total. The second kappa shape index (κ2) is 12.4. The summed E-state index contributed by atoms with van der Waals surface area (Å²) in [5.74, 6) is 1.40. The van der Waals surface area contributed by atoms with Crippen molar-refractivity contribution in [3.63, 3.8) is 0 Å². The number of carbonyl (C=O) groups is 1. The van der Waals surface area contributed by atoms with Gasteiger partial charge in [-0.2, -0.15) is 0 Å². The number of esters is 1. The van der Waals surface area contributed by atoms with Gasteiger partial charge in [0.05, 0.1) is 39.0 Å². The third-order valence-corrected chi connectivity index (χ3v) is 9.42. The molecule has 0 spiro atoms. The number of aryl methyl sites for hydroxylation is 2. The Kier molecular flexibility index (Phi) is 8.59. The number of piperidine rings is 1. The SMILES string of the molecule is COC(=O)Cc1c(C)c(C)c2nc3c(Cl)n2c1N1CCC(C)(CC1)OCCOCCOc1cc(C)ccc1-c1cccc-3c1. The summed E-state index contributed by atoms with van der Waals surface area (Å²) in [6, 6.07) is 14.5. The molecule has 0 unspecified atom stereocenters. The number of hydrogen-bond acceptors (Lipinski definition) is 7. The highest BCUT2D eigenvalue weighted by molar-refractivity contribution is 6.32. The monoisotopic (exact) mass is 617 g/mol. The number of fused-ring (bicyclic) bond motifs is 8. The minimum Gasteiger partial charge on any atom is -0.491 e. The van der Waals surface area contributed by atoms with E-state index in [2.05, 4.69) is 56.0 Å². The molecular weight excluding hydrogens is 578 g/mol. The van der Waals surface area contributed by atoms with Gasteiger partial charge in [-0.25, -0.2) is 4.98 Å². The minimum absolute atomic E-state index is 0.144. The normalized spacial score (nSPS) is 16.9. The van der Waals surface area contributed by atoms with Crippen molar-refractivity contribution >= 4 is 29.0 Å². The zero-order valence-corrected chi connectivity index (χ0v) is 26.9. The zero-order chi connectivity index (χ0) is 31.0. The Labute approximate surface area is 263 Å². The predicted molar refractivity (Wildman–Crippen MR) is 173 cm³/mol. The minimum atomic E-state index is -0.292. The van der Waals surface area contributed by atoms with Crippen molar-refractivity contribution in [3.8, 4) is 28.1 Å². The van der Waals surface area contributed by atoms with Gasteiger partial charge in [0.2, 0.25) is 0 Å². The van der Waals surface area contributed by atoms with Gasteiger partial charge in [0.15, 0.2) is 0 Å². The van der Waals surface area contributed by atoms with Crippen molar-refractivity contribution in [3.05, 3.63) is 69.9 Å². The molecule has 7 rings (SSSR count). The Morgan fingerprint density at radius 1 is 1.00 bits per heavy atom. The molecule has 0 radical (unpaired) electrons. The maximum Gasteiger partial charge on any atom is 0.310 e. The molecule has 5 heterocycles. The Morgan fingerprint density at radius 2 is 1.75 bits per heavy atom. The van der Waals surface area contributed by atoms with Crippen LogP contribution in [0.5, 0.6) is 5.75 Å². The van der Waals surface area contributed by atoms with Gasteiger partial charge in [-0.3, -0.25) is 9.20 Å². The lowest BCUT2D eigenvalue weighted by atomic mass is 9.92. The fourth-order valence-corrected chi connectivity index (χ4v) is 6.61. The first kappa shape index (κ1) is 30.4. The highest BCUT2D eigenvalue weighted by Crippen LogP contribution is 2.41. The van der Waals surface area contributed by atoms with E-state index < -0.39 is 0 Å². The van der Waals surface area contributed by atoms with Crippen LogP contribution in [0.15, 0.2) is 42.5 Å². The van der Waals surface area contributed by atoms with E-state index in [4.69, 9.17) is 35.5 Å². The van der Waals surface area contributed by atoms with Gasteiger partial charge < -0.3 is 23.8 Å². The standard InChI is InChI=1S/C35H40ClN3O5/c1-22-9-10-27-25-7-6-8-26(20-25)31-32(36)39-33(37-31)24(3)23(2)28(21-30(40)41-5)34(39)38-13-11-35(4,12-14-38)44-18-16-42-15-17-43-29(27)19-22/h6-10,19-20H,11-18,21H2,1-5H3. The largest absolute Gasteiger partial charge is 0.491 e. The molecule has 1 fully saturated rings. The molecule has 1 saturated heterocycles. The van der Waals surface area contributed by atoms with Crippen molar-refractivity contribution in [1.82, 2.24) is 9.38 Å². The molecule has 0 amide bonds. The van der Waals surface area contributed by atoms with E-state index in [1.54, 1.807) is 0 Å². The topological polar surface area (TPSA) is 74.5 Å². The third kappa shape index (κ3) is 5.78. The zero-order valence-electron chi connectivity index (χ0n) is 26.2. The van der Waals surface area contributed by atoms with E-state index >= 15 is 0 Å². The second-order valence-electron chi connectivity index (χ2n) is 12.0. The fourth-order valence-electron chi connectivity index (χ4n) is 6.30. The van der Waals surface area contributed by atoms with E-state index in [9.17, 15) is 4.79 Å². The molecular formula is C35H40ClN3O5. The number of methoxy groups -OCH3 is 1. The molecule has 0 atom stereocenters. The maximum atomic E-state index is 12.7. The summed E-state index contributed by atoms with van der Waals surface area (Å²) < 4.78 is 25.6. The van der Waals surface area contributed by atoms with Crippen LogP contribution >= 0.6 is 11.6 Å². The first-order valence-electron chi connectivity index (χ1n) is 15.3. The Hall–Kier alpha value is -3.59. The van der Waals surface area contributed by atoms with Gasteiger partial charge >= 0.3 is 5.97 Å². The van der Waals surface area contributed by atoms with Crippen LogP contribution in [-0.4, -0.2) is 67.6 Å². The number of aromatic nitrogens is 2. The van der Waals surface area contributed by atoms with Crippen molar-refractivity contribution in [2.45, 2.75) is 52.6 Å². The molecule has 2 aromatic heterocycles. The van der Waals surface area contributed by atoms with Gasteiger partial charge in [-0.05, 0) is 74.9 Å². The van der Waals surface area contributed by atoms with Crippen LogP contribution in [0.4, 0.5) is 5.82 Å². The van der Waals surface area contributed by atoms with E-state index in [0.29, 0.717) is 37.3 Å². The first-order chi connectivity index (χ1) is 21.2. The molecule has 6 bridgehead atoms. The molecule has 0 saturated carbocycles. The molecule has 0 N–H and O–H groups in total. The maximum absolute atomic E-state index is 12.7. The van der Waals surface area contributed by atoms with Crippen LogP contribution in [0.1, 0.15) is 42.0 Å². The van der Waals surface area contributed by atoms with Crippen LogP contribution in [-0.2, 0) is 25.4 Å². The number of imidazole rings is 1. The molecule has 0 aliphatic carbocycles. The molecule has 44 heavy (non-hydrogen) atoms. The third-order valence-electron chi connectivity index (χ3n) is 9.07. The summed E-state index contributed by atoms with van der Waals surface area (Å²) in [6.45, 7) is 11.7. The van der Waals surface area contributed by atoms with Gasteiger partial charge in [0.1, 0.15) is 34.7 Å². The number of anilines is 1. The number of halogens is 1. The number of ether oxygens (including phenoxy) is 4. The fraction of sp³-hybridized carbons (Fsp3) is 0.429. The van der Waals surface area contributed by atoms with Crippen LogP contribution in [0.3, 0.4) is 0 Å². The van der Waals surface area contributed by atoms with Gasteiger partial charge in [-0.15, -0.1) is 0 Å². The predicted octanol–water partition coefficient (Wildman–Crippen LogP) is 6.75. The van der Waals surface area contributed by atoms with E-state index in [1.165, 1.54) is 7.11 Å². The van der Waals surface area contributed by atoms with Gasteiger partial charge in [-0.1, -0.05) is 41.9 Å². The van der Waals surface area contributed by atoms with Gasteiger partial charge in [0.25, 0.3) is 0 Å². The van der Waals surface area contributed by atoms with Crippen molar-refractivity contribution < 1.29 is 23.7 Å². The summed E-state index contributed by atoms with van der Waals surface area (Å²) in [5, 5.41) is 0.512. The Balaban J connectivity index is 1.55. The lowest BCUT2D eigenvalue weighted by molar-refractivity contribution is -0.139. The van der Waals surface area contributed by atoms with Crippen molar-refractivity contribution in [2.24, 2.45) is 0 Å². The molecule has 232 valence electrons. The van der Waals surface area contributed by atoms with Crippen LogP contribution in [0.2, 0.25) is 5.15 Å². The van der Waals surface area contributed by atoms with Crippen LogP contribution in [0, 0.1) is 20.8 Å². The van der Waals surface area contributed by atoms with E-state index in [-0.39, 0.29) is 18.0 Å². The quantitative estimate of drug-likeness (QED) is 0.182. The van der Waals surface area contributed by atoms with E-state index in [0.717, 1.165) is 82.1 Å². The number of carbonyl (C=O) groups excluding carboxylic acids is 1. The molecule has 3 aliphatic heterocycles. The number of rotatable bonds is 2. The lowest BCUT2D eigenvalue weighted by Gasteiger charge is -2.41. The molecule has 4 aromatic rings. The molecule has 3 aliphatic rings. The smallest absolute Gasteiger partial charge is 0.310 e. The van der Waals surface area contributed by atoms with Crippen molar-refractivity contribution in [1.29, 1.82) is 0 Å².